The highest BCUT2D eigenvalue weighted by Crippen LogP contribution is 2.23. The number of hydrogen-bond donors (Lipinski definition) is 1. The molecule has 28 heavy (non-hydrogen) atoms. The van der Waals surface area contributed by atoms with Crippen LogP contribution in [0.25, 0.3) is 10.9 Å². The van der Waals surface area contributed by atoms with E-state index in [0.29, 0.717) is 13.2 Å². The zero-order valence-corrected chi connectivity index (χ0v) is 16.1. The second-order valence-electron chi connectivity index (χ2n) is 7.14. The third-order valence-corrected chi connectivity index (χ3v) is 5.34. The second-order valence-corrected chi connectivity index (χ2v) is 7.14. The summed E-state index contributed by atoms with van der Waals surface area (Å²) in [7, 11) is 0. The van der Waals surface area contributed by atoms with Gasteiger partial charge in [0, 0.05) is 24.7 Å². The molecule has 1 amide bonds. The number of nitrogens with zero attached hydrogens (tertiary/aromatic N) is 2. The van der Waals surface area contributed by atoms with Gasteiger partial charge in [-0.15, -0.1) is 0 Å². The summed E-state index contributed by atoms with van der Waals surface area (Å²) < 4.78 is 5.85. The van der Waals surface area contributed by atoms with Gasteiger partial charge in [-0.3, -0.25) is 14.7 Å². The van der Waals surface area contributed by atoms with Crippen molar-refractivity contribution in [2.75, 3.05) is 19.7 Å². The molecule has 5 nitrogen and oxygen atoms in total. The van der Waals surface area contributed by atoms with Crippen LogP contribution in [0.1, 0.15) is 18.1 Å². The van der Waals surface area contributed by atoms with Gasteiger partial charge >= 0.3 is 0 Å². The maximum absolute atomic E-state index is 12.6. The van der Waals surface area contributed by atoms with Crippen LogP contribution < -0.4 is 10.1 Å². The SMILES string of the molecule is C[C@H](C(=O)NCCOc1cccc2cccnc12)N1CCc2ccccc2C1. The number of fused-ring (bicyclic) bond motifs is 2. The first-order valence-electron chi connectivity index (χ1n) is 9.77. The summed E-state index contributed by atoms with van der Waals surface area (Å²) in [4.78, 5) is 19.2. The summed E-state index contributed by atoms with van der Waals surface area (Å²) in [5.74, 6) is 0.784. The van der Waals surface area contributed by atoms with E-state index < -0.39 is 0 Å². The minimum Gasteiger partial charge on any atom is -0.489 e. The smallest absolute Gasteiger partial charge is 0.237 e. The van der Waals surface area contributed by atoms with Gasteiger partial charge in [0.15, 0.2) is 0 Å². The average molecular weight is 375 g/mol. The summed E-state index contributed by atoms with van der Waals surface area (Å²) >= 11 is 0. The van der Waals surface area contributed by atoms with Gasteiger partial charge in [-0.2, -0.15) is 0 Å². The molecule has 1 aromatic heterocycles. The van der Waals surface area contributed by atoms with E-state index in [-0.39, 0.29) is 11.9 Å². The molecule has 0 unspecified atom stereocenters. The fourth-order valence-corrected chi connectivity index (χ4v) is 3.69. The number of rotatable bonds is 6. The topological polar surface area (TPSA) is 54.5 Å². The van der Waals surface area contributed by atoms with Gasteiger partial charge in [-0.05, 0) is 36.6 Å². The molecule has 144 valence electrons. The number of ether oxygens (including phenoxy) is 1. The lowest BCUT2D eigenvalue weighted by Gasteiger charge is -2.32. The van der Waals surface area contributed by atoms with Gasteiger partial charge in [0.05, 0.1) is 12.6 Å². The van der Waals surface area contributed by atoms with Crippen LogP contribution >= 0.6 is 0 Å². The second kappa shape index (κ2) is 8.40. The van der Waals surface area contributed by atoms with E-state index >= 15 is 0 Å². The molecule has 2 aromatic carbocycles. The number of hydrogen-bond acceptors (Lipinski definition) is 4. The molecule has 1 aliphatic heterocycles. The number of nitrogens with one attached hydrogen (secondary N) is 1. The highest BCUT2D eigenvalue weighted by molar-refractivity contribution is 5.84. The van der Waals surface area contributed by atoms with Gasteiger partial charge in [-0.1, -0.05) is 42.5 Å². The summed E-state index contributed by atoms with van der Waals surface area (Å²) in [6.07, 6.45) is 2.75. The van der Waals surface area contributed by atoms with Crippen LogP contribution in [0.4, 0.5) is 0 Å². The largest absolute Gasteiger partial charge is 0.489 e. The van der Waals surface area contributed by atoms with Gasteiger partial charge in [0.25, 0.3) is 0 Å². The van der Waals surface area contributed by atoms with E-state index in [1.165, 1.54) is 11.1 Å². The van der Waals surface area contributed by atoms with Crippen molar-refractivity contribution in [2.24, 2.45) is 0 Å². The van der Waals surface area contributed by atoms with E-state index in [9.17, 15) is 4.79 Å². The highest BCUT2D eigenvalue weighted by Gasteiger charge is 2.24. The Morgan fingerprint density at radius 1 is 1.14 bits per heavy atom. The Balaban J connectivity index is 1.28. The van der Waals surface area contributed by atoms with E-state index in [4.69, 9.17) is 4.74 Å². The molecule has 1 atom stereocenters. The molecule has 5 heteroatoms. The van der Waals surface area contributed by atoms with Gasteiger partial charge in [0.2, 0.25) is 5.91 Å². The Labute approximate surface area is 165 Å². The number of carbonyl (C=O) groups is 1. The molecule has 1 N–H and O–H groups in total. The maximum Gasteiger partial charge on any atom is 0.237 e. The van der Waals surface area contributed by atoms with E-state index in [0.717, 1.165) is 36.2 Å². The normalized spacial score (nSPS) is 15.0. The highest BCUT2D eigenvalue weighted by atomic mass is 16.5. The van der Waals surface area contributed by atoms with Crippen LogP contribution in [-0.4, -0.2) is 41.5 Å². The molecule has 0 bridgehead atoms. The summed E-state index contributed by atoms with van der Waals surface area (Å²) in [6, 6.07) is 18.1. The van der Waals surface area contributed by atoms with Crippen molar-refractivity contribution in [2.45, 2.75) is 25.9 Å². The molecule has 3 aromatic rings. The van der Waals surface area contributed by atoms with Gasteiger partial charge < -0.3 is 10.1 Å². The Kier molecular flexibility index (Phi) is 5.53. The lowest BCUT2D eigenvalue weighted by Crippen LogP contribution is -2.47. The van der Waals surface area contributed by atoms with Crippen molar-refractivity contribution in [1.29, 1.82) is 0 Å². The van der Waals surface area contributed by atoms with Crippen molar-refractivity contribution in [1.82, 2.24) is 15.2 Å². The van der Waals surface area contributed by atoms with Gasteiger partial charge in [0.1, 0.15) is 17.9 Å². The van der Waals surface area contributed by atoms with Gasteiger partial charge in [-0.25, -0.2) is 0 Å². The van der Waals surface area contributed by atoms with E-state index in [1.54, 1.807) is 6.20 Å². The number of benzene rings is 2. The molecule has 0 spiro atoms. The molecule has 0 saturated carbocycles. The molecule has 0 radical (unpaired) electrons. The van der Waals surface area contributed by atoms with Crippen molar-refractivity contribution in [3.63, 3.8) is 0 Å². The molecule has 0 fully saturated rings. The number of aromatic nitrogens is 1. The maximum atomic E-state index is 12.6. The fourth-order valence-electron chi connectivity index (χ4n) is 3.69. The Bertz CT molecular complexity index is 967. The first-order chi connectivity index (χ1) is 13.7. The first-order valence-corrected chi connectivity index (χ1v) is 9.77. The van der Waals surface area contributed by atoms with Crippen molar-refractivity contribution < 1.29 is 9.53 Å². The minimum atomic E-state index is -0.160. The summed E-state index contributed by atoms with van der Waals surface area (Å²) in [6.45, 7) is 4.58. The first kappa shape index (κ1) is 18.4. The molecule has 0 aliphatic carbocycles. The van der Waals surface area contributed by atoms with Crippen LogP contribution in [0, 0.1) is 0 Å². The van der Waals surface area contributed by atoms with E-state index in [1.807, 2.05) is 37.3 Å². The monoisotopic (exact) mass is 375 g/mol. The standard InChI is InChI=1S/C23H25N3O2/c1-17(26-14-11-18-6-2-3-7-20(18)16-26)23(27)25-13-15-28-21-10-4-8-19-9-5-12-24-22(19)21/h2-10,12,17H,11,13-16H2,1H3,(H,25,27)/t17-/m1/s1. The molecular weight excluding hydrogens is 350 g/mol. The zero-order chi connectivity index (χ0) is 19.3. The third-order valence-electron chi connectivity index (χ3n) is 5.34. The van der Waals surface area contributed by atoms with Crippen LogP contribution in [0.3, 0.4) is 0 Å². The van der Waals surface area contributed by atoms with E-state index in [2.05, 4.69) is 39.5 Å². The summed E-state index contributed by atoms with van der Waals surface area (Å²) in [5, 5.41) is 4.04. The Morgan fingerprint density at radius 3 is 2.86 bits per heavy atom. The fraction of sp³-hybridized carbons (Fsp3) is 0.304. The zero-order valence-electron chi connectivity index (χ0n) is 16.1. The number of para-hydroxylation sites is 1. The Morgan fingerprint density at radius 2 is 1.96 bits per heavy atom. The molecule has 1 aliphatic rings. The number of amides is 1. The predicted octanol–water partition coefficient (Wildman–Crippen LogP) is 3.18. The summed E-state index contributed by atoms with van der Waals surface area (Å²) in [5.41, 5.74) is 3.56. The molecular formula is C23H25N3O2. The van der Waals surface area contributed by atoms with Crippen molar-refractivity contribution in [3.05, 3.63) is 71.9 Å². The van der Waals surface area contributed by atoms with Crippen molar-refractivity contribution in [3.8, 4) is 5.75 Å². The molecule has 0 saturated heterocycles. The van der Waals surface area contributed by atoms with Crippen LogP contribution in [0.5, 0.6) is 5.75 Å². The average Bonchev–Trinajstić information content (AvgIpc) is 2.75. The predicted molar refractivity (Wildman–Crippen MR) is 110 cm³/mol. The Hall–Kier alpha value is -2.92. The number of pyridine rings is 1. The lowest BCUT2D eigenvalue weighted by molar-refractivity contribution is -0.126. The molecule has 2 heterocycles. The minimum absolute atomic E-state index is 0.0408. The van der Waals surface area contributed by atoms with Crippen molar-refractivity contribution >= 4 is 16.8 Å². The lowest BCUT2D eigenvalue weighted by atomic mass is 9.99. The number of carbonyl (C=O) groups excluding carboxylic acids is 1. The molecule has 4 rings (SSSR count). The third kappa shape index (κ3) is 3.99. The van der Waals surface area contributed by atoms with Crippen LogP contribution in [0.15, 0.2) is 60.8 Å². The van der Waals surface area contributed by atoms with Crippen LogP contribution in [-0.2, 0) is 17.8 Å². The quantitative estimate of drug-likeness (QED) is 0.673. The van der Waals surface area contributed by atoms with Crippen LogP contribution in [0.2, 0.25) is 0 Å².